The van der Waals surface area contributed by atoms with E-state index in [-0.39, 0.29) is 6.10 Å². The van der Waals surface area contributed by atoms with Gasteiger partial charge >= 0.3 is 0 Å². The first-order chi connectivity index (χ1) is 3.88. The van der Waals surface area contributed by atoms with Gasteiger partial charge < -0.3 is 5.11 Å². The Balaban J connectivity index is 2.26. The van der Waals surface area contributed by atoms with Crippen LogP contribution >= 0.6 is 0 Å². The number of hydrogen-bond acceptors (Lipinski definition) is 1. The molecular formula is C7H8O. The van der Waals surface area contributed by atoms with Crippen LogP contribution in [-0.2, 0) is 0 Å². The third-order valence-corrected chi connectivity index (χ3v) is 1.92. The lowest BCUT2D eigenvalue weighted by Crippen LogP contribution is -2.22. The van der Waals surface area contributed by atoms with E-state index in [1.54, 1.807) is 0 Å². The number of rotatable bonds is 0. The fourth-order valence-electron chi connectivity index (χ4n) is 1.27. The topological polar surface area (TPSA) is 20.2 Å². The highest BCUT2D eigenvalue weighted by Crippen LogP contribution is 2.35. The minimum Gasteiger partial charge on any atom is -0.388 e. The summed E-state index contributed by atoms with van der Waals surface area (Å²) < 4.78 is 0. The highest BCUT2D eigenvalue weighted by atomic mass is 16.3. The van der Waals surface area contributed by atoms with Crippen LogP contribution in [0.5, 0.6) is 0 Å². The van der Waals surface area contributed by atoms with Crippen LogP contribution in [0.2, 0.25) is 0 Å². The van der Waals surface area contributed by atoms with E-state index < -0.39 is 0 Å². The average molecular weight is 108 g/mol. The zero-order valence-electron chi connectivity index (χ0n) is 4.49. The summed E-state index contributed by atoms with van der Waals surface area (Å²) in [6.45, 7) is 0. The Labute approximate surface area is 48.3 Å². The predicted octanol–water partition coefficient (Wildman–Crippen LogP) is 0.719. The molecule has 0 aromatic heterocycles. The van der Waals surface area contributed by atoms with Gasteiger partial charge in [-0.3, -0.25) is 0 Å². The summed E-state index contributed by atoms with van der Waals surface area (Å²) in [6.07, 6.45) is 7.93. The minimum atomic E-state index is -0.190. The molecule has 0 fully saturated rings. The molecule has 0 heterocycles. The van der Waals surface area contributed by atoms with Gasteiger partial charge in [-0.25, -0.2) is 0 Å². The van der Waals surface area contributed by atoms with Crippen molar-refractivity contribution in [3.8, 4) is 0 Å². The van der Waals surface area contributed by atoms with Gasteiger partial charge in [0, 0.05) is 11.8 Å². The van der Waals surface area contributed by atoms with E-state index in [0.717, 1.165) is 0 Å². The lowest BCUT2D eigenvalue weighted by Gasteiger charge is -2.23. The molecule has 1 nitrogen and oxygen atoms in total. The quantitative estimate of drug-likeness (QED) is 0.453. The van der Waals surface area contributed by atoms with Crippen molar-refractivity contribution in [2.45, 2.75) is 6.10 Å². The van der Waals surface area contributed by atoms with E-state index in [2.05, 4.69) is 18.2 Å². The van der Waals surface area contributed by atoms with E-state index in [1.165, 1.54) is 0 Å². The Morgan fingerprint density at radius 3 is 2.00 bits per heavy atom. The number of allylic oxidation sites excluding steroid dienone is 2. The van der Waals surface area contributed by atoms with Crippen LogP contribution in [0, 0.1) is 11.8 Å². The molecule has 0 aromatic carbocycles. The Kier molecular flexibility index (Phi) is 0.667. The van der Waals surface area contributed by atoms with Crippen molar-refractivity contribution in [1.82, 2.24) is 0 Å². The zero-order valence-corrected chi connectivity index (χ0v) is 4.49. The van der Waals surface area contributed by atoms with Gasteiger partial charge in [0.1, 0.15) is 0 Å². The smallest absolute Gasteiger partial charge is 0.0792 e. The van der Waals surface area contributed by atoms with E-state index in [4.69, 9.17) is 5.11 Å². The van der Waals surface area contributed by atoms with Crippen LogP contribution in [0.1, 0.15) is 0 Å². The van der Waals surface area contributed by atoms with Gasteiger partial charge in [0.2, 0.25) is 0 Å². The van der Waals surface area contributed by atoms with E-state index in [1.807, 2.05) is 6.08 Å². The molecule has 1 N–H and O–H groups in total. The largest absolute Gasteiger partial charge is 0.388 e. The monoisotopic (exact) mass is 108 g/mol. The molecule has 8 heavy (non-hydrogen) atoms. The Morgan fingerprint density at radius 2 is 1.75 bits per heavy atom. The van der Waals surface area contributed by atoms with Crippen molar-refractivity contribution in [3.05, 3.63) is 24.3 Å². The number of aliphatic hydroxyl groups excluding tert-OH is 1. The van der Waals surface area contributed by atoms with Crippen LogP contribution in [0.3, 0.4) is 0 Å². The molecule has 2 rings (SSSR count). The summed E-state index contributed by atoms with van der Waals surface area (Å²) in [5.74, 6) is 0.986. The number of aliphatic hydroxyl groups is 1. The third kappa shape index (κ3) is 0.353. The van der Waals surface area contributed by atoms with Gasteiger partial charge in [0.15, 0.2) is 0 Å². The fourth-order valence-corrected chi connectivity index (χ4v) is 1.27. The van der Waals surface area contributed by atoms with Crippen LogP contribution < -0.4 is 0 Å². The van der Waals surface area contributed by atoms with Crippen molar-refractivity contribution in [3.63, 3.8) is 0 Å². The molecule has 0 saturated carbocycles. The molecule has 0 radical (unpaired) electrons. The van der Waals surface area contributed by atoms with Gasteiger partial charge in [0.25, 0.3) is 0 Å². The highest BCUT2D eigenvalue weighted by molar-refractivity contribution is 5.26. The van der Waals surface area contributed by atoms with Crippen LogP contribution in [0.4, 0.5) is 0 Å². The molecule has 2 aliphatic rings. The van der Waals surface area contributed by atoms with Gasteiger partial charge in [-0.05, 0) is 0 Å². The van der Waals surface area contributed by atoms with E-state index >= 15 is 0 Å². The normalized spacial score (nSPS) is 48.9. The van der Waals surface area contributed by atoms with E-state index in [9.17, 15) is 0 Å². The van der Waals surface area contributed by atoms with Crippen molar-refractivity contribution in [2.75, 3.05) is 0 Å². The van der Waals surface area contributed by atoms with Gasteiger partial charge in [-0.2, -0.15) is 0 Å². The maximum atomic E-state index is 9.08. The number of fused-ring (bicyclic) bond motifs is 1. The summed E-state index contributed by atoms with van der Waals surface area (Å²) >= 11 is 0. The maximum Gasteiger partial charge on any atom is 0.0792 e. The van der Waals surface area contributed by atoms with Crippen LogP contribution in [-0.4, -0.2) is 11.2 Å². The summed E-state index contributed by atoms with van der Waals surface area (Å²) in [4.78, 5) is 0. The summed E-state index contributed by atoms with van der Waals surface area (Å²) in [6, 6.07) is 0. The first-order valence-corrected chi connectivity index (χ1v) is 2.92. The average Bonchev–Trinajstić information content (AvgIpc) is 1.80. The lowest BCUT2D eigenvalue weighted by atomic mass is 9.84. The summed E-state index contributed by atoms with van der Waals surface area (Å²) in [5.41, 5.74) is 0. The maximum absolute atomic E-state index is 9.08. The van der Waals surface area contributed by atoms with Crippen molar-refractivity contribution in [1.29, 1.82) is 0 Å². The lowest BCUT2D eigenvalue weighted by molar-refractivity contribution is 0.168. The van der Waals surface area contributed by atoms with Crippen molar-refractivity contribution < 1.29 is 5.11 Å². The molecule has 42 valence electrons. The van der Waals surface area contributed by atoms with Gasteiger partial charge in [0.05, 0.1) is 6.10 Å². The Hall–Kier alpha value is -0.560. The standard InChI is InChI=1S/C7H8O/c8-7-4-2-5-1-3-6(5)7/h1-8H/t5-,6-,7-/m0/s1. The van der Waals surface area contributed by atoms with Gasteiger partial charge in [-0.15, -0.1) is 0 Å². The molecule has 0 aromatic rings. The second kappa shape index (κ2) is 1.23. The summed E-state index contributed by atoms with van der Waals surface area (Å²) in [5, 5.41) is 9.08. The molecule has 0 aliphatic heterocycles. The van der Waals surface area contributed by atoms with E-state index in [0.29, 0.717) is 11.8 Å². The molecule has 1 heteroatoms. The first-order valence-electron chi connectivity index (χ1n) is 2.92. The zero-order chi connectivity index (χ0) is 5.56. The van der Waals surface area contributed by atoms with Crippen molar-refractivity contribution in [2.24, 2.45) is 11.8 Å². The number of hydrogen-bond donors (Lipinski definition) is 1. The summed E-state index contributed by atoms with van der Waals surface area (Å²) in [7, 11) is 0. The Morgan fingerprint density at radius 1 is 1.00 bits per heavy atom. The molecular weight excluding hydrogens is 100 g/mol. The minimum absolute atomic E-state index is 0.190. The first kappa shape index (κ1) is 4.33. The molecule has 0 amide bonds. The highest BCUT2D eigenvalue weighted by Gasteiger charge is 2.31. The molecule has 0 bridgehead atoms. The van der Waals surface area contributed by atoms with Crippen LogP contribution in [0.15, 0.2) is 24.3 Å². The molecule has 3 atom stereocenters. The van der Waals surface area contributed by atoms with Crippen LogP contribution in [0.25, 0.3) is 0 Å². The SMILES string of the molecule is O[C@H]1C=C[C@@H]2C=C[C@@H]21. The molecule has 2 aliphatic carbocycles. The second-order valence-corrected chi connectivity index (χ2v) is 2.42. The Bertz CT molecular complexity index is 158. The molecule has 0 unspecified atom stereocenters. The van der Waals surface area contributed by atoms with Crippen molar-refractivity contribution >= 4 is 0 Å². The molecule has 0 spiro atoms. The fraction of sp³-hybridized carbons (Fsp3) is 0.429. The molecule has 0 saturated heterocycles. The third-order valence-electron chi connectivity index (χ3n) is 1.92. The second-order valence-electron chi connectivity index (χ2n) is 2.42. The predicted molar refractivity (Wildman–Crippen MR) is 31.3 cm³/mol. The van der Waals surface area contributed by atoms with Gasteiger partial charge in [-0.1, -0.05) is 24.3 Å².